The van der Waals surface area contributed by atoms with Gasteiger partial charge in [0.05, 0.1) is 6.10 Å². The van der Waals surface area contributed by atoms with E-state index in [1.807, 2.05) is 34.9 Å². The molecule has 0 aliphatic rings. The van der Waals surface area contributed by atoms with Gasteiger partial charge in [-0.1, -0.05) is 42.1 Å². The van der Waals surface area contributed by atoms with Crippen molar-refractivity contribution in [2.75, 3.05) is 11.6 Å². The molecule has 0 spiro atoms. The fourth-order valence-electron chi connectivity index (χ4n) is 2.85. The molecule has 9 heteroatoms. The zero-order valence-corrected chi connectivity index (χ0v) is 16.7. The fourth-order valence-corrected chi connectivity index (χ4v) is 4.03. The van der Waals surface area contributed by atoms with Crippen molar-refractivity contribution in [2.45, 2.75) is 24.2 Å². The lowest BCUT2D eigenvalue weighted by Gasteiger charge is -2.10. The first-order valence-electron chi connectivity index (χ1n) is 8.51. The summed E-state index contributed by atoms with van der Waals surface area (Å²) in [6.07, 6.45) is 0.0369. The maximum Gasteiger partial charge on any atom is 0.332 e. The molecule has 144 valence electrons. The van der Waals surface area contributed by atoms with E-state index >= 15 is 0 Å². The summed E-state index contributed by atoms with van der Waals surface area (Å²) in [7, 11) is 3.06. The van der Waals surface area contributed by atoms with Gasteiger partial charge in [-0.3, -0.25) is 13.9 Å². The van der Waals surface area contributed by atoms with Crippen molar-refractivity contribution in [3.8, 4) is 0 Å². The molecule has 1 N–H and O–H groups in total. The Balaban J connectivity index is 2.08. The maximum absolute atomic E-state index is 12.8. The van der Waals surface area contributed by atoms with Gasteiger partial charge in [-0.05, 0) is 12.0 Å². The smallest absolute Gasteiger partial charge is 0.332 e. The SMILES string of the molecule is Cn1c(=O)c2c(nc(SCC(O)CCl)n2CCc2ccccc2)n(C)c1=O. The van der Waals surface area contributed by atoms with Crippen molar-refractivity contribution >= 4 is 34.5 Å². The van der Waals surface area contributed by atoms with Crippen LogP contribution in [0.5, 0.6) is 0 Å². The number of rotatable bonds is 7. The molecular formula is C18H21ClN4O3S. The third-order valence-electron chi connectivity index (χ3n) is 4.36. The molecule has 1 aromatic carbocycles. The average molecular weight is 409 g/mol. The molecule has 0 fully saturated rings. The van der Waals surface area contributed by atoms with Crippen molar-refractivity contribution < 1.29 is 5.11 Å². The summed E-state index contributed by atoms with van der Waals surface area (Å²) in [6, 6.07) is 9.94. The van der Waals surface area contributed by atoms with Gasteiger partial charge >= 0.3 is 5.69 Å². The number of hydrogen-bond acceptors (Lipinski definition) is 5. The van der Waals surface area contributed by atoms with Crippen molar-refractivity contribution in [1.82, 2.24) is 18.7 Å². The highest BCUT2D eigenvalue weighted by molar-refractivity contribution is 7.99. The molecule has 1 unspecified atom stereocenters. The van der Waals surface area contributed by atoms with Gasteiger partial charge in [-0.25, -0.2) is 9.78 Å². The van der Waals surface area contributed by atoms with E-state index < -0.39 is 11.8 Å². The van der Waals surface area contributed by atoms with Crippen LogP contribution in [-0.4, -0.2) is 41.5 Å². The van der Waals surface area contributed by atoms with Crippen LogP contribution in [0.4, 0.5) is 0 Å². The highest BCUT2D eigenvalue weighted by Gasteiger charge is 2.20. The highest BCUT2D eigenvalue weighted by atomic mass is 35.5. The fraction of sp³-hybridized carbons (Fsp3) is 0.389. The number of fused-ring (bicyclic) bond motifs is 1. The predicted octanol–water partition coefficient (Wildman–Crippen LogP) is 1.37. The summed E-state index contributed by atoms with van der Waals surface area (Å²) in [5.74, 6) is 0.476. The number of halogens is 1. The van der Waals surface area contributed by atoms with Crippen LogP contribution in [0.3, 0.4) is 0 Å². The Morgan fingerprint density at radius 2 is 1.89 bits per heavy atom. The lowest BCUT2D eigenvalue weighted by Crippen LogP contribution is -2.37. The van der Waals surface area contributed by atoms with Gasteiger partial charge in [0.15, 0.2) is 16.3 Å². The minimum atomic E-state index is -0.675. The molecule has 7 nitrogen and oxygen atoms in total. The molecule has 0 radical (unpaired) electrons. The van der Waals surface area contributed by atoms with Gasteiger partial charge in [0, 0.05) is 32.3 Å². The molecule has 0 aliphatic carbocycles. The Kier molecular flexibility index (Phi) is 6.08. The third kappa shape index (κ3) is 3.97. The van der Waals surface area contributed by atoms with E-state index in [0.717, 1.165) is 10.1 Å². The summed E-state index contributed by atoms with van der Waals surface area (Å²) < 4.78 is 4.29. The molecular weight excluding hydrogens is 388 g/mol. The second-order valence-corrected chi connectivity index (χ2v) is 7.57. The number of alkyl halides is 1. The summed E-state index contributed by atoms with van der Waals surface area (Å²) in [4.78, 5) is 29.5. The number of aromatic nitrogens is 4. The van der Waals surface area contributed by atoms with E-state index in [4.69, 9.17) is 11.6 Å². The largest absolute Gasteiger partial charge is 0.391 e. The zero-order valence-electron chi connectivity index (χ0n) is 15.1. The third-order valence-corrected chi connectivity index (χ3v) is 5.84. The number of imidazole rings is 1. The lowest BCUT2D eigenvalue weighted by atomic mass is 10.1. The summed E-state index contributed by atoms with van der Waals surface area (Å²) in [5.41, 5.74) is 1.08. The van der Waals surface area contributed by atoms with Gasteiger partial charge in [-0.2, -0.15) is 0 Å². The average Bonchev–Trinajstić information content (AvgIpc) is 3.06. The van der Waals surface area contributed by atoms with Crippen molar-refractivity contribution in [3.05, 3.63) is 56.7 Å². The van der Waals surface area contributed by atoms with Gasteiger partial charge in [-0.15, -0.1) is 11.6 Å². The molecule has 2 heterocycles. The van der Waals surface area contributed by atoms with Crippen LogP contribution in [0.15, 0.2) is 45.1 Å². The number of thioether (sulfide) groups is 1. The van der Waals surface area contributed by atoms with E-state index in [1.165, 1.54) is 23.4 Å². The Bertz CT molecular complexity index is 1060. The molecule has 1 atom stereocenters. The first-order valence-corrected chi connectivity index (χ1v) is 10.0. The van der Waals surface area contributed by atoms with Crippen LogP contribution in [0, 0.1) is 0 Å². The topological polar surface area (TPSA) is 82.1 Å². The number of aryl methyl sites for hydroxylation is 3. The first kappa shape index (κ1) is 19.7. The molecule has 0 saturated carbocycles. The van der Waals surface area contributed by atoms with Crippen molar-refractivity contribution in [1.29, 1.82) is 0 Å². The highest BCUT2D eigenvalue weighted by Crippen LogP contribution is 2.23. The van der Waals surface area contributed by atoms with Crippen LogP contribution < -0.4 is 11.2 Å². The van der Waals surface area contributed by atoms with Gasteiger partial charge in [0.2, 0.25) is 0 Å². The van der Waals surface area contributed by atoms with Gasteiger partial charge in [0.25, 0.3) is 5.56 Å². The number of nitrogens with zero attached hydrogens (tertiary/aromatic N) is 4. The van der Waals surface area contributed by atoms with E-state index in [9.17, 15) is 14.7 Å². The summed E-state index contributed by atoms with van der Waals surface area (Å²) in [5, 5.41) is 10.4. The quantitative estimate of drug-likeness (QED) is 0.471. The van der Waals surface area contributed by atoms with Crippen molar-refractivity contribution in [3.63, 3.8) is 0 Å². The molecule has 0 amide bonds. The summed E-state index contributed by atoms with van der Waals surface area (Å²) in [6.45, 7) is 0.535. The number of hydrogen-bond donors (Lipinski definition) is 1. The normalized spacial score (nSPS) is 12.6. The van der Waals surface area contributed by atoms with Crippen LogP contribution >= 0.6 is 23.4 Å². The molecule has 0 bridgehead atoms. The molecule has 0 aliphatic heterocycles. The van der Waals surface area contributed by atoms with Gasteiger partial charge in [0.1, 0.15) is 0 Å². The van der Waals surface area contributed by atoms with Crippen molar-refractivity contribution in [2.24, 2.45) is 14.1 Å². The van der Waals surface area contributed by atoms with Gasteiger partial charge < -0.3 is 9.67 Å². The van der Waals surface area contributed by atoms with Crippen LogP contribution in [0.2, 0.25) is 0 Å². The van der Waals surface area contributed by atoms with E-state index in [0.29, 0.717) is 35.0 Å². The Labute approximate surface area is 165 Å². The number of benzene rings is 1. The second-order valence-electron chi connectivity index (χ2n) is 6.28. The lowest BCUT2D eigenvalue weighted by molar-refractivity contribution is 0.223. The second kappa shape index (κ2) is 8.33. The minimum absolute atomic E-state index is 0.123. The molecule has 27 heavy (non-hydrogen) atoms. The molecule has 2 aromatic heterocycles. The van der Waals surface area contributed by atoms with Crippen LogP contribution in [-0.2, 0) is 27.1 Å². The Morgan fingerprint density at radius 3 is 2.56 bits per heavy atom. The zero-order chi connectivity index (χ0) is 19.6. The van der Waals surface area contributed by atoms with E-state index in [-0.39, 0.29) is 11.4 Å². The Morgan fingerprint density at radius 1 is 1.19 bits per heavy atom. The monoisotopic (exact) mass is 408 g/mol. The van der Waals surface area contributed by atoms with E-state index in [2.05, 4.69) is 4.98 Å². The molecule has 0 saturated heterocycles. The van der Waals surface area contributed by atoms with E-state index in [1.54, 1.807) is 7.05 Å². The standard InChI is InChI=1S/C18H21ClN4O3S/c1-21-15-14(16(25)22(2)18(21)26)23(9-8-12-6-4-3-5-7-12)17(20-15)27-11-13(24)10-19/h3-7,13,24H,8-11H2,1-2H3. The molecule has 3 rings (SSSR count). The minimum Gasteiger partial charge on any atom is -0.391 e. The van der Waals surface area contributed by atoms with Crippen LogP contribution in [0.25, 0.3) is 11.2 Å². The maximum atomic E-state index is 12.8. The summed E-state index contributed by atoms with van der Waals surface area (Å²) >= 11 is 7.00. The van der Waals surface area contributed by atoms with Crippen LogP contribution in [0.1, 0.15) is 5.56 Å². The predicted molar refractivity (Wildman–Crippen MR) is 108 cm³/mol. The first-order chi connectivity index (χ1) is 12.9. The number of aliphatic hydroxyl groups excluding tert-OH is 1. The molecule has 3 aromatic rings. The Hall–Kier alpha value is -2.03. The number of aliphatic hydroxyl groups is 1.